The first-order valence-electron chi connectivity index (χ1n) is 3.24. The van der Waals surface area contributed by atoms with Crippen LogP contribution in [0.5, 0.6) is 0 Å². The van der Waals surface area contributed by atoms with Crippen LogP contribution in [0.15, 0.2) is 9.59 Å². The number of primary sulfonamides is 1. The topological polar surface area (TPSA) is 103 Å². The number of primary amides is 1. The first kappa shape index (κ1) is 10.2. The van der Waals surface area contributed by atoms with Crippen molar-refractivity contribution in [1.82, 2.24) is 0 Å². The number of hydrogen-bond donors (Lipinski definition) is 2. The van der Waals surface area contributed by atoms with Crippen molar-refractivity contribution in [3.05, 3.63) is 16.5 Å². The lowest BCUT2D eigenvalue weighted by molar-refractivity contribution is 0.1000. The Morgan fingerprint density at radius 3 is 2.31 bits per heavy atom. The van der Waals surface area contributed by atoms with E-state index in [2.05, 4.69) is 0 Å². The molecule has 0 aromatic carbocycles. The molecule has 0 saturated heterocycles. The summed E-state index contributed by atoms with van der Waals surface area (Å²) in [4.78, 5) is 10.8. The Labute approximate surface area is 79.4 Å². The fourth-order valence-corrected chi connectivity index (χ4v) is 2.94. The van der Waals surface area contributed by atoms with Crippen molar-refractivity contribution >= 4 is 27.3 Å². The third kappa shape index (κ3) is 1.87. The molecular formula is C6H8N2O3S2. The van der Waals surface area contributed by atoms with Crippen LogP contribution in [-0.4, -0.2) is 14.3 Å². The highest BCUT2D eigenvalue weighted by atomic mass is 32.2. The van der Waals surface area contributed by atoms with Gasteiger partial charge in [-0.2, -0.15) is 0 Å². The first-order valence-corrected chi connectivity index (χ1v) is 5.67. The zero-order chi connectivity index (χ0) is 10.2. The molecule has 13 heavy (non-hydrogen) atoms. The summed E-state index contributed by atoms with van der Waals surface area (Å²) in [5.41, 5.74) is 5.53. The summed E-state index contributed by atoms with van der Waals surface area (Å²) in [6.45, 7) is 1.50. The van der Waals surface area contributed by atoms with Crippen molar-refractivity contribution < 1.29 is 13.2 Å². The van der Waals surface area contributed by atoms with E-state index in [1.54, 1.807) is 0 Å². The monoisotopic (exact) mass is 220 g/mol. The summed E-state index contributed by atoms with van der Waals surface area (Å²) in [7, 11) is -3.74. The van der Waals surface area contributed by atoms with E-state index < -0.39 is 15.9 Å². The van der Waals surface area contributed by atoms with Crippen LogP contribution >= 0.6 is 11.3 Å². The van der Waals surface area contributed by atoms with E-state index in [-0.39, 0.29) is 9.77 Å². The Kier molecular flexibility index (Phi) is 2.42. The molecule has 72 valence electrons. The van der Waals surface area contributed by atoms with Gasteiger partial charge >= 0.3 is 0 Å². The van der Waals surface area contributed by atoms with E-state index in [0.29, 0.717) is 5.56 Å². The molecule has 5 nitrogen and oxygen atoms in total. The van der Waals surface area contributed by atoms with Gasteiger partial charge < -0.3 is 5.73 Å². The maximum atomic E-state index is 10.9. The molecule has 0 aliphatic heterocycles. The molecule has 7 heteroatoms. The van der Waals surface area contributed by atoms with Crippen molar-refractivity contribution in [2.45, 2.75) is 11.1 Å². The average Bonchev–Trinajstić information content (AvgIpc) is 2.28. The third-order valence-electron chi connectivity index (χ3n) is 1.52. The lowest BCUT2D eigenvalue weighted by Gasteiger charge is -1.95. The maximum Gasteiger partial charge on any atom is 0.249 e. The quantitative estimate of drug-likeness (QED) is 0.721. The number of sulfonamides is 1. The van der Waals surface area contributed by atoms with Gasteiger partial charge in [0.2, 0.25) is 15.9 Å². The molecular weight excluding hydrogens is 212 g/mol. The number of nitrogens with two attached hydrogens (primary N) is 2. The van der Waals surface area contributed by atoms with Crippen LogP contribution in [-0.2, 0) is 10.0 Å². The normalized spacial score (nSPS) is 11.5. The van der Waals surface area contributed by atoms with E-state index in [1.165, 1.54) is 12.3 Å². The lowest BCUT2D eigenvalue weighted by atomic mass is 10.2. The van der Waals surface area contributed by atoms with E-state index >= 15 is 0 Å². The van der Waals surface area contributed by atoms with Gasteiger partial charge in [0.15, 0.2) is 0 Å². The van der Waals surface area contributed by atoms with Gasteiger partial charge in [0, 0.05) is 5.38 Å². The summed E-state index contributed by atoms with van der Waals surface area (Å²) >= 11 is 0.898. The molecule has 1 aromatic rings. The van der Waals surface area contributed by atoms with Crippen molar-refractivity contribution in [1.29, 1.82) is 0 Å². The summed E-state index contributed by atoms with van der Waals surface area (Å²) < 4.78 is 21.8. The molecule has 0 aliphatic rings. The molecule has 0 atom stereocenters. The molecule has 1 amide bonds. The molecule has 0 radical (unpaired) electrons. The predicted octanol–water partition coefficient (Wildman–Crippen LogP) is -0.197. The third-order valence-corrected chi connectivity index (χ3v) is 4.20. The predicted molar refractivity (Wildman–Crippen MR) is 48.9 cm³/mol. The SMILES string of the molecule is Cc1c(C(N)=O)csc1S(N)(=O)=O. The van der Waals surface area contributed by atoms with Crippen molar-refractivity contribution in [3.63, 3.8) is 0 Å². The standard InChI is InChI=1S/C6H8N2O3S2/c1-3-4(5(7)9)2-12-6(3)13(8,10)11/h2H,1H3,(H2,7,9)(H2,8,10,11). The molecule has 0 bridgehead atoms. The lowest BCUT2D eigenvalue weighted by Crippen LogP contribution is -2.14. The van der Waals surface area contributed by atoms with E-state index in [1.807, 2.05) is 0 Å². The molecule has 0 saturated carbocycles. The fourth-order valence-electron chi connectivity index (χ4n) is 0.923. The number of hydrogen-bond acceptors (Lipinski definition) is 4. The number of amides is 1. The Bertz CT molecular complexity index is 446. The van der Waals surface area contributed by atoms with Crippen molar-refractivity contribution in [3.8, 4) is 0 Å². The van der Waals surface area contributed by atoms with Gasteiger partial charge in [-0.1, -0.05) is 0 Å². The Morgan fingerprint density at radius 2 is 2.08 bits per heavy atom. The van der Waals surface area contributed by atoms with Gasteiger partial charge in [-0.25, -0.2) is 13.6 Å². The minimum atomic E-state index is -3.74. The number of rotatable bonds is 2. The van der Waals surface area contributed by atoms with Crippen LogP contribution in [0, 0.1) is 6.92 Å². The molecule has 0 spiro atoms. The number of carbonyl (C=O) groups excluding carboxylic acids is 1. The second-order valence-electron chi connectivity index (χ2n) is 2.47. The van der Waals surface area contributed by atoms with Crippen LogP contribution in [0.1, 0.15) is 15.9 Å². The number of thiophene rings is 1. The maximum absolute atomic E-state index is 10.9. The van der Waals surface area contributed by atoms with Crippen LogP contribution in [0.2, 0.25) is 0 Å². The summed E-state index contributed by atoms with van der Waals surface area (Å²) in [6.07, 6.45) is 0. The largest absolute Gasteiger partial charge is 0.366 e. The molecule has 0 fully saturated rings. The first-order chi connectivity index (χ1) is 5.84. The van der Waals surface area contributed by atoms with Gasteiger partial charge in [0.05, 0.1) is 5.56 Å². The van der Waals surface area contributed by atoms with Gasteiger partial charge in [-0.15, -0.1) is 11.3 Å². The highest BCUT2D eigenvalue weighted by molar-refractivity contribution is 7.91. The summed E-state index contributed by atoms with van der Waals surface area (Å²) in [5, 5.41) is 6.29. The smallest absolute Gasteiger partial charge is 0.249 e. The Morgan fingerprint density at radius 1 is 1.54 bits per heavy atom. The zero-order valence-corrected chi connectivity index (χ0v) is 8.41. The molecule has 1 heterocycles. The zero-order valence-electron chi connectivity index (χ0n) is 6.77. The average molecular weight is 220 g/mol. The minimum absolute atomic E-state index is 0.0127. The van der Waals surface area contributed by atoms with Gasteiger partial charge in [-0.3, -0.25) is 4.79 Å². The highest BCUT2D eigenvalue weighted by Crippen LogP contribution is 2.24. The minimum Gasteiger partial charge on any atom is -0.366 e. The van der Waals surface area contributed by atoms with Crippen LogP contribution in [0.3, 0.4) is 0 Å². The Balaban J connectivity index is 3.39. The van der Waals surface area contributed by atoms with Crippen molar-refractivity contribution in [2.24, 2.45) is 10.9 Å². The summed E-state index contributed by atoms with van der Waals surface area (Å²) in [6, 6.07) is 0. The van der Waals surface area contributed by atoms with E-state index in [0.717, 1.165) is 11.3 Å². The molecule has 1 rings (SSSR count). The van der Waals surface area contributed by atoms with E-state index in [9.17, 15) is 13.2 Å². The molecule has 1 aromatic heterocycles. The van der Waals surface area contributed by atoms with Crippen molar-refractivity contribution in [2.75, 3.05) is 0 Å². The second-order valence-corrected chi connectivity index (χ2v) is 5.11. The summed E-state index contributed by atoms with van der Waals surface area (Å²) in [5.74, 6) is -0.649. The Hall–Kier alpha value is -0.920. The van der Waals surface area contributed by atoms with Crippen LogP contribution in [0.4, 0.5) is 0 Å². The van der Waals surface area contributed by atoms with Gasteiger partial charge in [0.25, 0.3) is 0 Å². The van der Waals surface area contributed by atoms with Gasteiger partial charge in [0.1, 0.15) is 4.21 Å². The highest BCUT2D eigenvalue weighted by Gasteiger charge is 2.19. The van der Waals surface area contributed by atoms with Crippen LogP contribution < -0.4 is 10.9 Å². The van der Waals surface area contributed by atoms with Crippen LogP contribution in [0.25, 0.3) is 0 Å². The second kappa shape index (κ2) is 3.09. The molecule has 0 aliphatic carbocycles. The number of carbonyl (C=O) groups is 1. The fraction of sp³-hybridized carbons (Fsp3) is 0.167. The molecule has 4 N–H and O–H groups in total. The molecule has 0 unspecified atom stereocenters. The van der Waals surface area contributed by atoms with Gasteiger partial charge in [-0.05, 0) is 12.5 Å². The van der Waals surface area contributed by atoms with E-state index in [4.69, 9.17) is 10.9 Å².